The van der Waals surface area contributed by atoms with Gasteiger partial charge in [-0.15, -0.1) is 0 Å². The van der Waals surface area contributed by atoms with Gasteiger partial charge in [-0.25, -0.2) is 4.39 Å². The normalized spacial score (nSPS) is 18.9. The first-order chi connectivity index (χ1) is 14.1. The van der Waals surface area contributed by atoms with E-state index in [1.54, 1.807) is 6.07 Å². The molecule has 1 aromatic rings. The molecule has 2 aliphatic rings. The van der Waals surface area contributed by atoms with E-state index in [4.69, 9.17) is 0 Å². The third-order valence-electron chi connectivity index (χ3n) is 5.90. The van der Waals surface area contributed by atoms with Gasteiger partial charge in [0.05, 0.1) is 5.69 Å². The Bertz CT molecular complexity index is 669. The Morgan fingerprint density at radius 2 is 1.66 bits per heavy atom. The predicted octanol–water partition coefficient (Wildman–Crippen LogP) is 2.29. The van der Waals surface area contributed by atoms with Crippen molar-refractivity contribution >= 4 is 17.5 Å². The summed E-state index contributed by atoms with van der Waals surface area (Å²) in [7, 11) is 0. The molecule has 6 nitrogen and oxygen atoms in total. The maximum absolute atomic E-state index is 13.9. The molecule has 29 heavy (non-hydrogen) atoms. The maximum Gasteiger partial charge on any atom is 0.309 e. The van der Waals surface area contributed by atoms with Gasteiger partial charge in [-0.05, 0) is 37.9 Å². The Hall–Kier alpha value is -2.15. The standard InChI is InChI=1S/C22H33FN4O2/c23-19-10-5-6-11-20(19)27-16-14-26(15-17-27)13-7-12-24-21(28)22(29)25-18-8-3-1-2-4-9-18/h5-6,10-11,18H,1-4,7-9,12-17H2,(H,24,28)(H,25,29). The van der Waals surface area contributed by atoms with Crippen molar-refractivity contribution < 1.29 is 14.0 Å². The molecule has 0 aromatic heterocycles. The molecule has 1 aromatic carbocycles. The van der Waals surface area contributed by atoms with E-state index in [2.05, 4.69) is 20.4 Å². The number of hydrogen-bond donors (Lipinski definition) is 2. The number of rotatable bonds is 6. The molecule has 1 saturated carbocycles. The number of halogens is 1. The van der Waals surface area contributed by atoms with Crippen molar-refractivity contribution in [2.24, 2.45) is 0 Å². The number of amides is 2. The highest BCUT2D eigenvalue weighted by Crippen LogP contribution is 2.20. The summed E-state index contributed by atoms with van der Waals surface area (Å²) in [6.45, 7) is 4.66. The van der Waals surface area contributed by atoms with Gasteiger partial charge in [-0.3, -0.25) is 14.5 Å². The average molecular weight is 405 g/mol. The van der Waals surface area contributed by atoms with E-state index in [-0.39, 0.29) is 11.9 Å². The van der Waals surface area contributed by atoms with Crippen LogP contribution in [0.1, 0.15) is 44.9 Å². The van der Waals surface area contributed by atoms with E-state index >= 15 is 0 Å². The SMILES string of the molecule is O=C(NCCCN1CCN(c2ccccc2F)CC1)C(=O)NC1CCCCCC1. The molecule has 1 aliphatic carbocycles. The summed E-state index contributed by atoms with van der Waals surface area (Å²) in [5.41, 5.74) is 0.666. The lowest BCUT2D eigenvalue weighted by molar-refractivity contribution is -0.139. The van der Waals surface area contributed by atoms with Crippen molar-refractivity contribution in [1.29, 1.82) is 0 Å². The van der Waals surface area contributed by atoms with Crippen LogP contribution < -0.4 is 15.5 Å². The van der Waals surface area contributed by atoms with Gasteiger partial charge in [-0.2, -0.15) is 0 Å². The number of nitrogens with zero attached hydrogens (tertiary/aromatic N) is 2. The molecule has 2 amide bonds. The summed E-state index contributed by atoms with van der Waals surface area (Å²) in [5.74, 6) is -1.21. The van der Waals surface area contributed by atoms with Gasteiger partial charge >= 0.3 is 11.8 Å². The van der Waals surface area contributed by atoms with Gasteiger partial charge in [0.15, 0.2) is 0 Å². The molecule has 0 unspecified atom stereocenters. The van der Waals surface area contributed by atoms with Gasteiger partial charge in [0.25, 0.3) is 0 Å². The molecule has 7 heteroatoms. The van der Waals surface area contributed by atoms with Gasteiger partial charge in [0.2, 0.25) is 0 Å². The van der Waals surface area contributed by atoms with Crippen molar-refractivity contribution in [1.82, 2.24) is 15.5 Å². The van der Waals surface area contributed by atoms with E-state index < -0.39 is 11.8 Å². The van der Waals surface area contributed by atoms with Crippen LogP contribution >= 0.6 is 0 Å². The van der Waals surface area contributed by atoms with E-state index in [1.807, 2.05) is 12.1 Å². The van der Waals surface area contributed by atoms with Gasteiger partial charge in [0, 0.05) is 38.8 Å². The summed E-state index contributed by atoms with van der Waals surface area (Å²) in [5, 5.41) is 5.61. The van der Waals surface area contributed by atoms with Crippen molar-refractivity contribution in [2.75, 3.05) is 44.2 Å². The minimum Gasteiger partial charge on any atom is -0.367 e. The summed E-state index contributed by atoms with van der Waals surface area (Å²) in [4.78, 5) is 28.4. The molecule has 3 rings (SSSR count). The van der Waals surface area contributed by atoms with Crippen molar-refractivity contribution in [3.05, 3.63) is 30.1 Å². The third-order valence-corrected chi connectivity index (χ3v) is 5.90. The van der Waals surface area contributed by atoms with Crippen LogP contribution in [0.3, 0.4) is 0 Å². The second-order valence-corrected chi connectivity index (χ2v) is 8.05. The van der Waals surface area contributed by atoms with Crippen molar-refractivity contribution in [2.45, 2.75) is 51.0 Å². The zero-order chi connectivity index (χ0) is 20.5. The summed E-state index contributed by atoms with van der Waals surface area (Å²) >= 11 is 0. The van der Waals surface area contributed by atoms with Crippen LogP contribution in [0, 0.1) is 5.82 Å². The Morgan fingerprint density at radius 3 is 2.34 bits per heavy atom. The smallest absolute Gasteiger partial charge is 0.309 e. The van der Waals surface area contributed by atoms with Gasteiger partial charge in [0.1, 0.15) is 5.82 Å². The zero-order valence-corrected chi connectivity index (χ0v) is 17.2. The predicted molar refractivity (Wildman–Crippen MR) is 112 cm³/mol. The number of para-hydroxylation sites is 1. The molecular weight excluding hydrogens is 371 g/mol. The second kappa shape index (κ2) is 11.1. The fraction of sp³-hybridized carbons (Fsp3) is 0.636. The van der Waals surface area contributed by atoms with Crippen LogP contribution in [0.5, 0.6) is 0 Å². The summed E-state index contributed by atoms with van der Waals surface area (Å²) < 4.78 is 13.9. The van der Waals surface area contributed by atoms with Crippen LogP contribution in [0.4, 0.5) is 10.1 Å². The lowest BCUT2D eigenvalue weighted by atomic mass is 10.1. The lowest BCUT2D eigenvalue weighted by Gasteiger charge is -2.36. The Labute approximate surface area is 172 Å². The van der Waals surface area contributed by atoms with Crippen LogP contribution in [0.25, 0.3) is 0 Å². The molecular formula is C22H33FN4O2. The maximum atomic E-state index is 13.9. The number of benzene rings is 1. The quantitative estimate of drug-likeness (QED) is 0.434. The first kappa shape index (κ1) is 21.6. The molecule has 160 valence electrons. The average Bonchev–Trinajstić information content (AvgIpc) is 3.00. The Kier molecular flexibility index (Phi) is 8.28. The third kappa shape index (κ3) is 6.70. The molecule has 0 atom stereocenters. The summed E-state index contributed by atoms with van der Waals surface area (Å²) in [6.07, 6.45) is 7.41. The number of piperazine rings is 1. The molecule has 0 bridgehead atoms. The van der Waals surface area contributed by atoms with Gasteiger partial charge < -0.3 is 15.5 Å². The Morgan fingerprint density at radius 1 is 0.966 bits per heavy atom. The number of carbonyl (C=O) groups is 2. The van der Waals surface area contributed by atoms with Crippen molar-refractivity contribution in [3.8, 4) is 0 Å². The summed E-state index contributed by atoms with van der Waals surface area (Å²) in [6, 6.07) is 7.03. The first-order valence-electron chi connectivity index (χ1n) is 10.9. The Balaban J connectivity index is 1.29. The zero-order valence-electron chi connectivity index (χ0n) is 17.2. The molecule has 2 N–H and O–H groups in total. The van der Waals surface area contributed by atoms with Crippen LogP contribution in [0.15, 0.2) is 24.3 Å². The topological polar surface area (TPSA) is 64.7 Å². The monoisotopic (exact) mass is 404 g/mol. The molecule has 0 radical (unpaired) electrons. The largest absolute Gasteiger partial charge is 0.367 e. The number of hydrogen-bond acceptors (Lipinski definition) is 4. The minimum atomic E-state index is -0.529. The van der Waals surface area contributed by atoms with E-state index in [0.717, 1.165) is 64.8 Å². The second-order valence-electron chi connectivity index (χ2n) is 8.05. The molecule has 1 aliphatic heterocycles. The fourth-order valence-electron chi connectivity index (χ4n) is 4.18. The number of carbonyl (C=O) groups excluding carboxylic acids is 2. The minimum absolute atomic E-state index is 0.140. The van der Waals surface area contributed by atoms with E-state index in [1.165, 1.54) is 18.9 Å². The number of nitrogens with one attached hydrogen (secondary N) is 2. The highest BCUT2D eigenvalue weighted by Gasteiger charge is 2.21. The van der Waals surface area contributed by atoms with E-state index in [9.17, 15) is 14.0 Å². The molecule has 1 saturated heterocycles. The van der Waals surface area contributed by atoms with Crippen LogP contribution in [-0.2, 0) is 9.59 Å². The van der Waals surface area contributed by atoms with Crippen LogP contribution in [-0.4, -0.2) is 62.0 Å². The lowest BCUT2D eigenvalue weighted by Crippen LogP contribution is -2.48. The molecule has 0 spiro atoms. The van der Waals surface area contributed by atoms with Gasteiger partial charge in [-0.1, -0.05) is 37.8 Å². The fourth-order valence-corrected chi connectivity index (χ4v) is 4.18. The molecule has 1 heterocycles. The van der Waals surface area contributed by atoms with E-state index in [0.29, 0.717) is 12.2 Å². The number of anilines is 1. The highest BCUT2D eigenvalue weighted by molar-refractivity contribution is 6.35. The van der Waals surface area contributed by atoms with Crippen molar-refractivity contribution in [3.63, 3.8) is 0 Å². The van der Waals surface area contributed by atoms with Crippen LogP contribution in [0.2, 0.25) is 0 Å². The first-order valence-corrected chi connectivity index (χ1v) is 10.9. The molecule has 2 fully saturated rings. The highest BCUT2D eigenvalue weighted by atomic mass is 19.1.